The number of rotatable bonds is 5. The summed E-state index contributed by atoms with van der Waals surface area (Å²) >= 11 is 6.10. The first-order valence-electron chi connectivity index (χ1n) is 7.15. The van der Waals surface area contributed by atoms with E-state index in [0.29, 0.717) is 23.2 Å². The summed E-state index contributed by atoms with van der Waals surface area (Å²) in [7, 11) is 0. The van der Waals surface area contributed by atoms with Crippen molar-refractivity contribution in [2.24, 2.45) is 5.73 Å². The van der Waals surface area contributed by atoms with Crippen molar-refractivity contribution in [3.05, 3.63) is 28.8 Å². The summed E-state index contributed by atoms with van der Waals surface area (Å²) < 4.78 is 0. The fourth-order valence-electron chi connectivity index (χ4n) is 2.97. The van der Waals surface area contributed by atoms with Gasteiger partial charge in [0, 0.05) is 28.9 Å². The van der Waals surface area contributed by atoms with Gasteiger partial charge in [0.2, 0.25) is 0 Å². The van der Waals surface area contributed by atoms with E-state index in [-0.39, 0.29) is 12.4 Å². The number of anilines is 1. The molecule has 5 heteroatoms. The monoisotopic (exact) mass is 295 g/mol. The van der Waals surface area contributed by atoms with Crippen molar-refractivity contribution in [2.45, 2.75) is 38.1 Å². The molecule has 0 bridgehead atoms. The molecule has 4 nitrogen and oxygen atoms in total. The molecule has 0 saturated heterocycles. The van der Waals surface area contributed by atoms with Crippen LogP contribution in [0.15, 0.2) is 18.2 Å². The van der Waals surface area contributed by atoms with Gasteiger partial charge in [0.15, 0.2) is 0 Å². The van der Waals surface area contributed by atoms with Gasteiger partial charge in [-0.05, 0) is 31.0 Å². The van der Waals surface area contributed by atoms with E-state index in [4.69, 9.17) is 22.7 Å². The maximum absolute atomic E-state index is 9.37. The van der Waals surface area contributed by atoms with E-state index in [1.54, 1.807) is 12.1 Å². The van der Waals surface area contributed by atoms with Crippen molar-refractivity contribution < 1.29 is 5.11 Å². The number of aliphatic hydroxyl groups is 1. The zero-order chi connectivity index (χ0) is 14.5. The van der Waals surface area contributed by atoms with Gasteiger partial charge in [-0.3, -0.25) is 5.41 Å². The van der Waals surface area contributed by atoms with E-state index < -0.39 is 0 Å². The molecule has 0 aliphatic heterocycles. The van der Waals surface area contributed by atoms with Crippen LogP contribution < -0.4 is 10.6 Å². The highest BCUT2D eigenvalue weighted by atomic mass is 35.5. The zero-order valence-electron chi connectivity index (χ0n) is 11.6. The van der Waals surface area contributed by atoms with Gasteiger partial charge in [0.05, 0.1) is 6.61 Å². The standard InChI is InChI=1S/C15H22ClN3O/c16-11-6-7-13(15(17)18)14(10-11)19(8-9-20)12-4-2-1-3-5-12/h6-7,10,12,20H,1-5,8-9H2,(H3,17,18). The van der Waals surface area contributed by atoms with Crippen LogP contribution in [0, 0.1) is 5.41 Å². The molecule has 1 fully saturated rings. The average Bonchev–Trinajstić information content (AvgIpc) is 2.45. The average molecular weight is 296 g/mol. The second kappa shape index (κ2) is 6.95. The molecule has 0 heterocycles. The van der Waals surface area contributed by atoms with Gasteiger partial charge in [0.25, 0.3) is 0 Å². The third kappa shape index (κ3) is 3.44. The number of benzene rings is 1. The van der Waals surface area contributed by atoms with Crippen LogP contribution in [0.3, 0.4) is 0 Å². The summed E-state index contributed by atoms with van der Waals surface area (Å²) in [6, 6.07) is 5.78. The first-order chi connectivity index (χ1) is 9.63. The van der Waals surface area contributed by atoms with Crippen LogP contribution in [-0.4, -0.2) is 30.1 Å². The smallest absolute Gasteiger partial charge is 0.124 e. The lowest BCUT2D eigenvalue weighted by Crippen LogP contribution is -2.40. The lowest BCUT2D eigenvalue weighted by molar-refractivity contribution is 0.290. The first kappa shape index (κ1) is 15.1. The second-order valence-electron chi connectivity index (χ2n) is 5.28. The number of amidine groups is 1. The Morgan fingerprint density at radius 1 is 1.35 bits per heavy atom. The predicted octanol–water partition coefficient (Wildman–Crippen LogP) is 2.76. The van der Waals surface area contributed by atoms with Crippen LogP contribution in [-0.2, 0) is 0 Å². The maximum Gasteiger partial charge on any atom is 0.124 e. The van der Waals surface area contributed by atoms with Crippen LogP contribution in [0.25, 0.3) is 0 Å². The molecule has 1 aliphatic rings. The Balaban J connectivity index is 2.36. The molecule has 110 valence electrons. The predicted molar refractivity (Wildman–Crippen MR) is 83.8 cm³/mol. The second-order valence-corrected chi connectivity index (χ2v) is 5.72. The summed E-state index contributed by atoms with van der Waals surface area (Å²) in [5, 5.41) is 17.7. The van der Waals surface area contributed by atoms with Crippen molar-refractivity contribution in [1.82, 2.24) is 0 Å². The van der Waals surface area contributed by atoms with Crippen LogP contribution >= 0.6 is 11.6 Å². The Morgan fingerprint density at radius 3 is 2.65 bits per heavy atom. The van der Waals surface area contributed by atoms with Gasteiger partial charge in [-0.1, -0.05) is 30.9 Å². The molecule has 0 spiro atoms. The Labute approximate surface area is 125 Å². The largest absolute Gasteiger partial charge is 0.395 e. The molecule has 20 heavy (non-hydrogen) atoms. The van der Waals surface area contributed by atoms with E-state index in [0.717, 1.165) is 18.5 Å². The van der Waals surface area contributed by atoms with E-state index in [9.17, 15) is 5.11 Å². The summed E-state index contributed by atoms with van der Waals surface area (Å²) in [6.45, 7) is 0.631. The van der Waals surface area contributed by atoms with E-state index in [1.807, 2.05) is 6.07 Å². The summed E-state index contributed by atoms with van der Waals surface area (Å²) in [5.74, 6) is 0.0374. The first-order valence-corrected chi connectivity index (χ1v) is 7.52. The zero-order valence-corrected chi connectivity index (χ0v) is 12.4. The van der Waals surface area contributed by atoms with Gasteiger partial charge in [-0.15, -0.1) is 0 Å². The van der Waals surface area contributed by atoms with Gasteiger partial charge in [0.1, 0.15) is 5.84 Å². The van der Waals surface area contributed by atoms with Crippen LogP contribution in [0.4, 0.5) is 5.69 Å². The fourth-order valence-corrected chi connectivity index (χ4v) is 3.14. The topological polar surface area (TPSA) is 73.3 Å². The highest BCUT2D eigenvalue weighted by molar-refractivity contribution is 6.31. The molecule has 1 aromatic carbocycles. The number of aliphatic hydroxyl groups excluding tert-OH is 1. The van der Waals surface area contributed by atoms with Crippen LogP contribution in [0.5, 0.6) is 0 Å². The normalized spacial score (nSPS) is 16.1. The molecular weight excluding hydrogens is 274 g/mol. The minimum Gasteiger partial charge on any atom is -0.395 e. The minimum atomic E-state index is 0.0374. The molecule has 1 aliphatic carbocycles. The van der Waals surface area contributed by atoms with Crippen molar-refractivity contribution in [3.63, 3.8) is 0 Å². The molecule has 0 unspecified atom stereocenters. The van der Waals surface area contributed by atoms with Gasteiger partial charge in [-0.25, -0.2) is 0 Å². The van der Waals surface area contributed by atoms with Gasteiger partial charge >= 0.3 is 0 Å². The van der Waals surface area contributed by atoms with Crippen molar-refractivity contribution in [1.29, 1.82) is 5.41 Å². The third-order valence-electron chi connectivity index (χ3n) is 3.92. The van der Waals surface area contributed by atoms with Crippen molar-refractivity contribution >= 4 is 23.1 Å². The van der Waals surface area contributed by atoms with Gasteiger partial charge in [-0.2, -0.15) is 0 Å². The number of nitrogen functional groups attached to an aromatic ring is 1. The van der Waals surface area contributed by atoms with E-state index in [1.165, 1.54) is 19.3 Å². The lowest BCUT2D eigenvalue weighted by Gasteiger charge is -2.37. The SMILES string of the molecule is N=C(N)c1ccc(Cl)cc1N(CCO)C1CCCCC1. The fraction of sp³-hybridized carbons (Fsp3) is 0.533. The molecule has 2 rings (SSSR count). The Bertz CT molecular complexity index is 472. The third-order valence-corrected chi connectivity index (χ3v) is 4.15. The highest BCUT2D eigenvalue weighted by Crippen LogP contribution is 2.31. The molecule has 0 radical (unpaired) electrons. The Kier molecular flexibility index (Phi) is 5.26. The highest BCUT2D eigenvalue weighted by Gasteiger charge is 2.23. The molecule has 4 N–H and O–H groups in total. The molecule has 0 amide bonds. The van der Waals surface area contributed by atoms with E-state index in [2.05, 4.69) is 4.90 Å². The van der Waals surface area contributed by atoms with Crippen molar-refractivity contribution in [2.75, 3.05) is 18.1 Å². The summed E-state index contributed by atoms with van der Waals surface area (Å²) in [6.07, 6.45) is 5.93. The van der Waals surface area contributed by atoms with E-state index >= 15 is 0 Å². The lowest BCUT2D eigenvalue weighted by atomic mass is 9.93. The number of nitrogens with one attached hydrogen (secondary N) is 1. The molecule has 0 atom stereocenters. The van der Waals surface area contributed by atoms with Gasteiger partial charge < -0.3 is 15.7 Å². The summed E-state index contributed by atoms with van der Waals surface area (Å²) in [4.78, 5) is 2.17. The number of nitrogens with two attached hydrogens (primary N) is 1. The quantitative estimate of drug-likeness (QED) is 0.578. The maximum atomic E-state index is 9.37. The number of nitrogens with zero attached hydrogens (tertiary/aromatic N) is 1. The van der Waals surface area contributed by atoms with Crippen LogP contribution in [0.2, 0.25) is 5.02 Å². The number of hydrogen-bond donors (Lipinski definition) is 3. The number of halogens is 1. The minimum absolute atomic E-state index is 0.0374. The summed E-state index contributed by atoms with van der Waals surface area (Å²) in [5.41, 5.74) is 7.23. The molecule has 0 aromatic heterocycles. The van der Waals surface area contributed by atoms with Crippen molar-refractivity contribution in [3.8, 4) is 0 Å². The molecule has 1 aromatic rings. The Hall–Kier alpha value is -1.26. The number of hydrogen-bond acceptors (Lipinski definition) is 3. The molecule has 1 saturated carbocycles. The van der Waals surface area contributed by atoms with Crippen LogP contribution in [0.1, 0.15) is 37.7 Å². The Morgan fingerprint density at radius 2 is 2.05 bits per heavy atom. The molecular formula is C15H22ClN3O.